The topological polar surface area (TPSA) is 12.9 Å². The van der Waals surface area contributed by atoms with Crippen molar-refractivity contribution in [1.29, 1.82) is 0 Å². The van der Waals surface area contributed by atoms with E-state index in [1.807, 2.05) is 0 Å². The molecule has 0 unspecified atom stereocenters. The van der Waals surface area contributed by atoms with Crippen molar-refractivity contribution in [2.24, 2.45) is 0 Å². The molecule has 0 saturated heterocycles. The van der Waals surface area contributed by atoms with Crippen LogP contribution >= 0.6 is 59.1 Å². The van der Waals surface area contributed by atoms with Gasteiger partial charge in [-0.05, 0) is 37.9 Å². The van der Waals surface area contributed by atoms with E-state index in [2.05, 4.69) is 52.8 Å². The fourth-order valence-corrected chi connectivity index (χ4v) is 3.68. The lowest BCUT2D eigenvalue weighted by atomic mass is 10.2. The Bertz CT molecular complexity index is 497. The lowest BCUT2D eigenvalue weighted by Gasteiger charge is -2.00. The molecule has 74 valence electrons. The van der Waals surface area contributed by atoms with E-state index in [4.69, 9.17) is 0 Å². The fraction of sp³-hybridized carbons (Fsp3) is 0.125. The summed E-state index contributed by atoms with van der Waals surface area (Å²) in [4.78, 5) is 4.18. The van der Waals surface area contributed by atoms with Crippen LogP contribution < -0.4 is 0 Å². The number of fused-ring (bicyclic) bond motifs is 1. The quantitative estimate of drug-likeness (QED) is 0.620. The van der Waals surface area contributed by atoms with Gasteiger partial charge in [-0.15, -0.1) is 11.3 Å². The number of benzene rings is 1. The van der Waals surface area contributed by atoms with E-state index in [0.717, 1.165) is 4.47 Å². The molecular weight excluding hydrogens is 401 g/mol. The van der Waals surface area contributed by atoms with Gasteiger partial charge in [-0.2, -0.15) is 0 Å². The van der Waals surface area contributed by atoms with Crippen molar-refractivity contribution in [1.82, 2.24) is 4.98 Å². The molecule has 2 aromatic rings. The molecule has 0 amide bonds. The van der Waals surface area contributed by atoms with E-state index in [1.165, 1.54) is 11.3 Å². The predicted molar refractivity (Wildman–Crippen MR) is 67.6 cm³/mol. The summed E-state index contributed by atoms with van der Waals surface area (Å²) in [5.74, 6) is -0.191. The first kappa shape index (κ1) is 11.0. The van der Waals surface area contributed by atoms with Crippen LogP contribution in [0.5, 0.6) is 0 Å². The van der Waals surface area contributed by atoms with Crippen LogP contribution in [0.4, 0.5) is 4.39 Å². The highest BCUT2D eigenvalue weighted by Crippen LogP contribution is 2.35. The Morgan fingerprint density at radius 2 is 2.14 bits per heavy atom. The van der Waals surface area contributed by atoms with E-state index in [9.17, 15) is 4.39 Å². The van der Waals surface area contributed by atoms with Gasteiger partial charge in [0.25, 0.3) is 0 Å². The number of alkyl halides is 1. The molecule has 0 aliphatic carbocycles. The summed E-state index contributed by atoms with van der Waals surface area (Å²) in [5, 5.41) is 0.503. The van der Waals surface area contributed by atoms with Crippen LogP contribution in [0.25, 0.3) is 10.2 Å². The van der Waals surface area contributed by atoms with Crippen molar-refractivity contribution < 1.29 is 4.39 Å². The molecule has 0 saturated carbocycles. The van der Waals surface area contributed by atoms with Crippen LogP contribution in [0.2, 0.25) is 0 Å². The molecule has 0 N–H and O–H groups in total. The van der Waals surface area contributed by atoms with Crippen molar-refractivity contribution in [3.63, 3.8) is 0 Å². The molecule has 0 bridgehead atoms. The van der Waals surface area contributed by atoms with E-state index >= 15 is 0 Å². The van der Waals surface area contributed by atoms with Crippen LogP contribution in [0.1, 0.15) is 5.56 Å². The normalized spacial score (nSPS) is 11.1. The Hall–Kier alpha value is 0.480. The van der Waals surface area contributed by atoms with Gasteiger partial charge in [0.05, 0.1) is 10.2 Å². The molecule has 0 atom stereocenters. The van der Waals surface area contributed by atoms with E-state index in [-0.39, 0.29) is 5.82 Å². The third-order valence-corrected chi connectivity index (χ3v) is 4.46. The van der Waals surface area contributed by atoms with Gasteiger partial charge in [0.15, 0.2) is 3.92 Å². The molecule has 1 aromatic carbocycles. The Labute approximate surface area is 109 Å². The number of nitrogens with zero attached hydrogens (tertiary/aromatic N) is 1. The van der Waals surface area contributed by atoms with Gasteiger partial charge in [0, 0.05) is 15.4 Å². The average Bonchev–Trinajstić information content (AvgIpc) is 2.54. The first-order valence-electron chi connectivity index (χ1n) is 3.62. The maximum absolute atomic E-state index is 13.8. The number of thiazole rings is 1. The predicted octanol–water partition coefficient (Wildman–Crippen LogP) is 4.86. The SMILES string of the molecule is Fc1c(CBr)cc(Br)c2nc(Br)sc12. The zero-order chi connectivity index (χ0) is 10.3. The molecule has 2 rings (SSSR count). The molecular formula is C8H3Br3FNS. The number of hydrogen-bond acceptors (Lipinski definition) is 2. The van der Waals surface area contributed by atoms with E-state index in [1.54, 1.807) is 6.07 Å². The average molecular weight is 404 g/mol. The Kier molecular flexibility index (Phi) is 3.26. The van der Waals surface area contributed by atoms with Crippen LogP contribution in [0, 0.1) is 5.82 Å². The van der Waals surface area contributed by atoms with Crippen LogP contribution in [-0.2, 0) is 5.33 Å². The van der Waals surface area contributed by atoms with Crippen molar-refractivity contribution in [3.05, 3.63) is 25.8 Å². The highest BCUT2D eigenvalue weighted by Gasteiger charge is 2.14. The number of halogens is 4. The Balaban J connectivity index is 2.86. The zero-order valence-corrected chi connectivity index (χ0v) is 12.2. The summed E-state index contributed by atoms with van der Waals surface area (Å²) >= 11 is 11.2. The van der Waals surface area contributed by atoms with Crippen LogP contribution in [0.15, 0.2) is 14.5 Å². The maximum atomic E-state index is 13.8. The summed E-state index contributed by atoms with van der Waals surface area (Å²) in [7, 11) is 0. The maximum Gasteiger partial charge on any atom is 0.160 e. The summed E-state index contributed by atoms with van der Waals surface area (Å²) in [6, 6.07) is 1.75. The summed E-state index contributed by atoms with van der Waals surface area (Å²) in [5.41, 5.74) is 1.31. The smallest absolute Gasteiger partial charge is 0.160 e. The van der Waals surface area contributed by atoms with Crippen molar-refractivity contribution in [3.8, 4) is 0 Å². The molecule has 14 heavy (non-hydrogen) atoms. The lowest BCUT2D eigenvalue weighted by Crippen LogP contribution is -1.87. The third-order valence-electron chi connectivity index (χ3n) is 1.75. The highest BCUT2D eigenvalue weighted by molar-refractivity contribution is 9.11. The summed E-state index contributed by atoms with van der Waals surface area (Å²) in [6.07, 6.45) is 0. The largest absolute Gasteiger partial charge is 0.228 e. The van der Waals surface area contributed by atoms with Crippen molar-refractivity contribution in [2.45, 2.75) is 5.33 Å². The number of aromatic nitrogens is 1. The van der Waals surface area contributed by atoms with E-state index in [0.29, 0.717) is 25.0 Å². The van der Waals surface area contributed by atoms with Gasteiger partial charge in [-0.25, -0.2) is 9.37 Å². The molecule has 6 heteroatoms. The molecule has 0 spiro atoms. The number of hydrogen-bond donors (Lipinski definition) is 0. The molecule has 0 aliphatic rings. The van der Waals surface area contributed by atoms with Gasteiger partial charge < -0.3 is 0 Å². The number of rotatable bonds is 1. The lowest BCUT2D eigenvalue weighted by molar-refractivity contribution is 0.631. The first-order valence-corrected chi connectivity index (χ1v) is 7.14. The minimum Gasteiger partial charge on any atom is -0.228 e. The Morgan fingerprint density at radius 3 is 2.79 bits per heavy atom. The highest BCUT2D eigenvalue weighted by atomic mass is 79.9. The second kappa shape index (κ2) is 4.15. The molecule has 1 nitrogen and oxygen atoms in total. The van der Waals surface area contributed by atoms with Gasteiger partial charge >= 0.3 is 0 Å². The van der Waals surface area contributed by atoms with Gasteiger partial charge in [-0.3, -0.25) is 0 Å². The van der Waals surface area contributed by atoms with Gasteiger partial charge in [0.1, 0.15) is 5.82 Å². The molecule has 1 heterocycles. The van der Waals surface area contributed by atoms with Gasteiger partial charge in [-0.1, -0.05) is 15.9 Å². The first-order chi connectivity index (χ1) is 6.63. The molecule has 0 aliphatic heterocycles. The molecule has 0 radical (unpaired) electrons. The van der Waals surface area contributed by atoms with Crippen LogP contribution in [0.3, 0.4) is 0 Å². The van der Waals surface area contributed by atoms with Crippen molar-refractivity contribution in [2.75, 3.05) is 0 Å². The monoisotopic (exact) mass is 401 g/mol. The Morgan fingerprint density at radius 1 is 1.43 bits per heavy atom. The summed E-state index contributed by atoms with van der Waals surface area (Å²) < 4.78 is 15.9. The minimum atomic E-state index is -0.191. The molecule has 1 aromatic heterocycles. The van der Waals surface area contributed by atoms with Gasteiger partial charge in [0.2, 0.25) is 0 Å². The minimum absolute atomic E-state index is 0.191. The second-order valence-electron chi connectivity index (χ2n) is 2.61. The van der Waals surface area contributed by atoms with E-state index < -0.39 is 0 Å². The van der Waals surface area contributed by atoms with Crippen molar-refractivity contribution >= 4 is 69.3 Å². The third kappa shape index (κ3) is 1.77. The summed E-state index contributed by atoms with van der Waals surface area (Å²) in [6.45, 7) is 0. The van der Waals surface area contributed by atoms with Crippen LogP contribution in [-0.4, -0.2) is 4.98 Å². The second-order valence-corrected chi connectivity index (χ2v) is 6.30. The fourth-order valence-electron chi connectivity index (χ4n) is 1.13. The standard InChI is InChI=1S/C8H3Br3FNS/c9-2-3-1-4(10)6-7(5(3)12)14-8(11)13-6/h1H,2H2. The zero-order valence-electron chi connectivity index (χ0n) is 6.65. The molecule has 0 fully saturated rings.